The maximum atomic E-state index is 13.2. The van der Waals surface area contributed by atoms with Crippen LogP contribution in [0.2, 0.25) is 10.0 Å². The van der Waals surface area contributed by atoms with Gasteiger partial charge in [0.05, 0.1) is 40.8 Å². The Morgan fingerprint density at radius 1 is 1.14 bits per heavy atom. The Kier molecular flexibility index (Phi) is 9.60. The molecule has 2 aliphatic heterocycles. The molecule has 10 heteroatoms. The monoisotopic (exact) mass is 523 g/mol. The van der Waals surface area contributed by atoms with Gasteiger partial charge in [-0.15, -0.1) is 6.58 Å². The Morgan fingerprint density at radius 3 is 2.43 bits per heavy atom. The number of amides is 2. The third-order valence-corrected chi connectivity index (χ3v) is 6.84. The summed E-state index contributed by atoms with van der Waals surface area (Å²) in [7, 11) is 0. The summed E-state index contributed by atoms with van der Waals surface area (Å²) in [5, 5.41) is 3.60. The second kappa shape index (κ2) is 12.4. The van der Waals surface area contributed by atoms with E-state index in [4.69, 9.17) is 32.7 Å². The van der Waals surface area contributed by atoms with E-state index >= 15 is 0 Å². The van der Waals surface area contributed by atoms with E-state index in [9.17, 15) is 14.4 Å². The van der Waals surface area contributed by atoms with Crippen molar-refractivity contribution in [2.75, 3.05) is 39.4 Å². The number of carbonyl (C=O) groups excluding carboxylic acids is 3. The number of ether oxygens (including phenoxy) is 2. The summed E-state index contributed by atoms with van der Waals surface area (Å²) in [5.41, 5.74) is 1.49. The second-order valence-corrected chi connectivity index (χ2v) is 9.15. The number of halogens is 2. The first-order valence-electron chi connectivity index (χ1n) is 11.7. The molecular weight excluding hydrogens is 493 g/mol. The highest BCUT2D eigenvalue weighted by Crippen LogP contribution is 2.35. The maximum Gasteiger partial charge on any atom is 0.338 e. The van der Waals surface area contributed by atoms with E-state index in [2.05, 4.69) is 16.8 Å². The van der Waals surface area contributed by atoms with Gasteiger partial charge in [-0.05, 0) is 57.5 Å². The van der Waals surface area contributed by atoms with Crippen molar-refractivity contribution >= 4 is 41.2 Å². The molecule has 2 amide bonds. The summed E-state index contributed by atoms with van der Waals surface area (Å²) in [6, 6.07) is 3.88. The predicted octanol–water partition coefficient (Wildman–Crippen LogP) is 4.34. The van der Waals surface area contributed by atoms with Gasteiger partial charge in [0.25, 0.3) is 0 Å². The molecule has 0 unspecified atom stereocenters. The summed E-state index contributed by atoms with van der Waals surface area (Å²) < 4.78 is 10.6. The number of urea groups is 1. The van der Waals surface area contributed by atoms with E-state index in [1.54, 1.807) is 38.1 Å². The lowest BCUT2D eigenvalue weighted by molar-refractivity contribution is -0.149. The normalized spacial score (nSPS) is 19.4. The number of hydrogen-bond acceptors (Lipinski definition) is 6. The third-order valence-electron chi connectivity index (χ3n) is 6.10. The zero-order chi connectivity index (χ0) is 25.5. The fourth-order valence-corrected chi connectivity index (χ4v) is 4.69. The quantitative estimate of drug-likeness (QED) is 0.382. The minimum atomic E-state index is -0.760. The molecule has 8 nitrogen and oxygen atoms in total. The maximum absolute atomic E-state index is 13.2. The molecule has 0 aliphatic carbocycles. The largest absolute Gasteiger partial charge is 0.466 e. The average Bonchev–Trinajstić information content (AvgIpc) is 2.83. The van der Waals surface area contributed by atoms with Gasteiger partial charge in [0.1, 0.15) is 0 Å². The molecule has 0 spiro atoms. The standard InChI is InChI=1S/C25H31Cl2N3O5/c1-4-11-30-20(15-29-12-9-16(10-13-29)23(31)34-5-2)21(24(32)35-6-3)22(28-25(30)33)17-7-8-18(26)19(27)14-17/h4,7-8,14,16,22H,1,5-6,9-13,15H2,2-3H3,(H,28,33)/t22-/m0/s1. The Labute approximate surface area is 215 Å². The number of hydrogen-bond donors (Lipinski definition) is 1. The lowest BCUT2D eigenvalue weighted by Gasteiger charge is -2.39. The van der Waals surface area contributed by atoms with Crippen LogP contribution in [0, 0.1) is 5.92 Å². The molecular formula is C25H31Cl2N3O5. The molecule has 1 aromatic carbocycles. The molecule has 1 atom stereocenters. The highest BCUT2D eigenvalue weighted by molar-refractivity contribution is 6.42. The number of piperidine rings is 1. The summed E-state index contributed by atoms with van der Waals surface area (Å²) in [4.78, 5) is 42.2. The summed E-state index contributed by atoms with van der Waals surface area (Å²) in [6.07, 6.45) is 2.89. The fraction of sp³-hybridized carbons (Fsp3) is 0.480. The molecule has 1 aromatic rings. The van der Waals surface area contributed by atoms with Gasteiger partial charge in [-0.3, -0.25) is 14.6 Å². The molecule has 1 fully saturated rings. The van der Waals surface area contributed by atoms with Crippen molar-refractivity contribution in [3.63, 3.8) is 0 Å². The van der Waals surface area contributed by atoms with Crippen LogP contribution in [-0.2, 0) is 19.1 Å². The molecule has 0 saturated carbocycles. The SMILES string of the molecule is C=CCN1C(=O)N[C@@H](c2ccc(Cl)c(Cl)c2)C(C(=O)OCC)=C1CN1CCC(C(=O)OCC)CC1. The van der Waals surface area contributed by atoms with E-state index in [1.165, 1.54) is 4.90 Å². The van der Waals surface area contributed by atoms with Gasteiger partial charge in [-0.1, -0.05) is 35.3 Å². The predicted molar refractivity (Wildman–Crippen MR) is 134 cm³/mol. The van der Waals surface area contributed by atoms with Crippen molar-refractivity contribution in [2.24, 2.45) is 5.92 Å². The second-order valence-electron chi connectivity index (χ2n) is 8.34. The summed E-state index contributed by atoms with van der Waals surface area (Å²) >= 11 is 12.3. The van der Waals surface area contributed by atoms with Crippen molar-refractivity contribution in [3.05, 3.63) is 57.7 Å². The van der Waals surface area contributed by atoms with Crippen molar-refractivity contribution in [1.82, 2.24) is 15.1 Å². The van der Waals surface area contributed by atoms with Gasteiger partial charge in [-0.25, -0.2) is 9.59 Å². The summed E-state index contributed by atoms with van der Waals surface area (Å²) in [5.74, 6) is -0.842. The van der Waals surface area contributed by atoms with Crippen LogP contribution in [0.15, 0.2) is 42.1 Å². The molecule has 0 radical (unpaired) electrons. The average molecular weight is 524 g/mol. The van der Waals surface area contributed by atoms with E-state index < -0.39 is 12.0 Å². The molecule has 2 heterocycles. The van der Waals surface area contributed by atoms with Gasteiger partial charge < -0.3 is 14.8 Å². The van der Waals surface area contributed by atoms with Gasteiger partial charge >= 0.3 is 18.0 Å². The van der Waals surface area contributed by atoms with Crippen LogP contribution < -0.4 is 5.32 Å². The minimum Gasteiger partial charge on any atom is -0.466 e. The van der Waals surface area contributed by atoms with E-state index in [0.717, 1.165) is 0 Å². The number of nitrogens with one attached hydrogen (secondary N) is 1. The van der Waals surface area contributed by atoms with Gasteiger partial charge in [0, 0.05) is 18.8 Å². The molecule has 35 heavy (non-hydrogen) atoms. The number of benzene rings is 1. The lowest BCUT2D eigenvalue weighted by Crippen LogP contribution is -2.51. The van der Waals surface area contributed by atoms with E-state index in [0.29, 0.717) is 66.0 Å². The molecule has 0 bridgehead atoms. The van der Waals surface area contributed by atoms with Crippen LogP contribution in [0.4, 0.5) is 4.79 Å². The molecule has 1 N–H and O–H groups in total. The number of likely N-dealkylation sites (tertiary alicyclic amines) is 1. The Hall–Kier alpha value is -2.55. The molecule has 0 aromatic heterocycles. The topological polar surface area (TPSA) is 88.2 Å². The van der Waals surface area contributed by atoms with Gasteiger partial charge in [0.2, 0.25) is 0 Å². The van der Waals surface area contributed by atoms with Crippen LogP contribution >= 0.6 is 23.2 Å². The number of nitrogens with zero attached hydrogens (tertiary/aromatic N) is 2. The van der Waals surface area contributed by atoms with Gasteiger partial charge in [-0.2, -0.15) is 0 Å². The zero-order valence-corrected chi connectivity index (χ0v) is 21.5. The van der Waals surface area contributed by atoms with Crippen molar-refractivity contribution < 1.29 is 23.9 Å². The Morgan fingerprint density at radius 2 is 1.83 bits per heavy atom. The third kappa shape index (κ3) is 6.37. The Balaban J connectivity index is 1.98. The minimum absolute atomic E-state index is 0.146. The zero-order valence-electron chi connectivity index (χ0n) is 20.0. The van der Waals surface area contributed by atoms with Crippen LogP contribution in [-0.4, -0.2) is 67.2 Å². The first-order chi connectivity index (χ1) is 16.8. The van der Waals surface area contributed by atoms with Crippen LogP contribution in [0.1, 0.15) is 38.3 Å². The first-order valence-corrected chi connectivity index (χ1v) is 12.5. The number of carbonyl (C=O) groups is 3. The summed E-state index contributed by atoms with van der Waals surface area (Å²) in [6.45, 7) is 9.65. The molecule has 2 aliphatic rings. The molecule has 3 rings (SSSR count). The number of rotatable bonds is 9. The highest BCUT2D eigenvalue weighted by atomic mass is 35.5. The van der Waals surface area contributed by atoms with Gasteiger partial charge in [0.15, 0.2) is 0 Å². The number of esters is 2. The van der Waals surface area contributed by atoms with E-state index in [1.807, 2.05) is 0 Å². The lowest BCUT2D eigenvalue weighted by atomic mass is 9.93. The molecule has 190 valence electrons. The van der Waals surface area contributed by atoms with Crippen LogP contribution in [0.5, 0.6) is 0 Å². The van der Waals surface area contributed by atoms with E-state index in [-0.39, 0.29) is 31.1 Å². The van der Waals surface area contributed by atoms with Crippen molar-refractivity contribution in [2.45, 2.75) is 32.7 Å². The Bertz CT molecular complexity index is 1000. The first kappa shape index (κ1) is 27.0. The van der Waals surface area contributed by atoms with Crippen molar-refractivity contribution in [1.29, 1.82) is 0 Å². The smallest absolute Gasteiger partial charge is 0.338 e. The highest BCUT2D eigenvalue weighted by Gasteiger charge is 2.39. The fourth-order valence-electron chi connectivity index (χ4n) is 4.39. The molecule has 1 saturated heterocycles. The van der Waals surface area contributed by atoms with Crippen LogP contribution in [0.25, 0.3) is 0 Å². The van der Waals surface area contributed by atoms with Crippen molar-refractivity contribution in [3.8, 4) is 0 Å². The van der Waals surface area contributed by atoms with Crippen LogP contribution in [0.3, 0.4) is 0 Å².